The third-order valence-electron chi connectivity index (χ3n) is 3.41. The Bertz CT molecular complexity index is 345. The van der Waals surface area contributed by atoms with E-state index in [1.54, 1.807) is 0 Å². The fourth-order valence-corrected chi connectivity index (χ4v) is 2.20. The van der Waals surface area contributed by atoms with Crippen molar-refractivity contribution in [2.75, 3.05) is 0 Å². The molecule has 1 aromatic rings. The van der Waals surface area contributed by atoms with Gasteiger partial charge < -0.3 is 5.11 Å². The average Bonchev–Trinajstić information content (AvgIpc) is 2.16. The first-order valence-electron chi connectivity index (χ1n) is 4.93. The van der Waals surface area contributed by atoms with Crippen molar-refractivity contribution in [2.45, 2.75) is 25.7 Å². The lowest BCUT2D eigenvalue weighted by Crippen LogP contribution is -2.42. The molecule has 0 spiro atoms. The van der Waals surface area contributed by atoms with Gasteiger partial charge in [-0.3, -0.25) is 4.79 Å². The predicted molar refractivity (Wildman–Crippen MR) is 54.2 cm³/mol. The lowest BCUT2D eigenvalue weighted by molar-refractivity contribution is -0.155. The van der Waals surface area contributed by atoms with Crippen molar-refractivity contribution in [1.82, 2.24) is 0 Å². The highest BCUT2D eigenvalue weighted by molar-refractivity contribution is 5.77. The number of carboxylic acid groups (broad SMARTS) is 1. The number of benzene rings is 1. The van der Waals surface area contributed by atoms with E-state index < -0.39 is 11.4 Å². The van der Waals surface area contributed by atoms with Crippen LogP contribution in [0, 0.1) is 5.41 Å². The lowest BCUT2D eigenvalue weighted by atomic mass is 9.59. The van der Waals surface area contributed by atoms with Gasteiger partial charge in [0.2, 0.25) is 0 Å². The second kappa shape index (κ2) is 3.12. The van der Waals surface area contributed by atoms with Crippen LogP contribution in [0.2, 0.25) is 0 Å². The topological polar surface area (TPSA) is 37.3 Å². The molecule has 0 unspecified atom stereocenters. The van der Waals surface area contributed by atoms with Gasteiger partial charge in [-0.05, 0) is 31.2 Å². The third-order valence-corrected chi connectivity index (χ3v) is 3.41. The van der Waals surface area contributed by atoms with E-state index in [2.05, 4.69) is 0 Å². The Kier molecular flexibility index (Phi) is 2.06. The lowest BCUT2D eigenvalue weighted by Gasteiger charge is -2.43. The van der Waals surface area contributed by atoms with Crippen LogP contribution in [0.25, 0.3) is 0 Å². The van der Waals surface area contributed by atoms with Crippen molar-refractivity contribution in [3.05, 3.63) is 35.9 Å². The Balaban J connectivity index is 2.26. The monoisotopic (exact) mass is 190 g/mol. The van der Waals surface area contributed by atoms with Gasteiger partial charge in [0.1, 0.15) is 0 Å². The van der Waals surface area contributed by atoms with Crippen molar-refractivity contribution in [3.63, 3.8) is 0 Å². The van der Waals surface area contributed by atoms with Crippen LogP contribution in [0.4, 0.5) is 0 Å². The highest BCUT2D eigenvalue weighted by atomic mass is 16.4. The second-order valence-corrected chi connectivity index (χ2v) is 4.22. The normalized spacial score (nSPS) is 30.8. The summed E-state index contributed by atoms with van der Waals surface area (Å²) in [5, 5.41) is 9.12. The summed E-state index contributed by atoms with van der Waals surface area (Å²) < 4.78 is 0. The standard InChI is InChI=1S/C12H14O2/c1-12(11(13)14)8-7-10(12)9-5-3-2-4-6-9/h2-6,10H,7-8H2,1H3,(H,13,14)/t10-,12+/m1/s1. The van der Waals surface area contributed by atoms with Gasteiger partial charge >= 0.3 is 5.97 Å². The number of hydrogen-bond acceptors (Lipinski definition) is 1. The van der Waals surface area contributed by atoms with E-state index in [1.165, 1.54) is 0 Å². The summed E-state index contributed by atoms with van der Waals surface area (Å²) in [6.07, 6.45) is 1.79. The van der Waals surface area contributed by atoms with Gasteiger partial charge in [-0.15, -0.1) is 0 Å². The fourth-order valence-electron chi connectivity index (χ4n) is 2.20. The molecule has 74 valence electrons. The summed E-state index contributed by atoms with van der Waals surface area (Å²) in [6, 6.07) is 9.93. The van der Waals surface area contributed by atoms with Crippen molar-refractivity contribution in [2.24, 2.45) is 5.41 Å². The van der Waals surface area contributed by atoms with Gasteiger partial charge in [-0.25, -0.2) is 0 Å². The summed E-state index contributed by atoms with van der Waals surface area (Å²) in [5.74, 6) is -0.473. The van der Waals surface area contributed by atoms with Gasteiger partial charge in [0, 0.05) is 0 Å². The molecule has 2 heteroatoms. The van der Waals surface area contributed by atoms with Crippen LogP contribution in [0.5, 0.6) is 0 Å². The average molecular weight is 190 g/mol. The van der Waals surface area contributed by atoms with E-state index in [9.17, 15) is 4.79 Å². The molecule has 2 atom stereocenters. The van der Waals surface area contributed by atoms with Crippen LogP contribution >= 0.6 is 0 Å². The van der Waals surface area contributed by atoms with Crippen molar-refractivity contribution >= 4 is 5.97 Å². The molecule has 0 radical (unpaired) electrons. The van der Waals surface area contributed by atoms with Gasteiger partial charge in [-0.2, -0.15) is 0 Å². The smallest absolute Gasteiger partial charge is 0.309 e. The molecule has 1 aliphatic carbocycles. The molecule has 1 saturated carbocycles. The van der Waals surface area contributed by atoms with Crippen molar-refractivity contribution in [1.29, 1.82) is 0 Å². The molecule has 0 aliphatic heterocycles. The molecule has 1 fully saturated rings. The van der Waals surface area contributed by atoms with Crippen LogP contribution in [0.1, 0.15) is 31.2 Å². The molecule has 0 aromatic heterocycles. The largest absolute Gasteiger partial charge is 0.481 e. The molecule has 0 amide bonds. The van der Waals surface area contributed by atoms with Gasteiger partial charge in [0.25, 0.3) is 0 Å². The number of aliphatic carboxylic acids is 1. The van der Waals surface area contributed by atoms with E-state index in [0.717, 1.165) is 18.4 Å². The summed E-state index contributed by atoms with van der Waals surface area (Å²) in [7, 11) is 0. The molecule has 1 aliphatic rings. The third kappa shape index (κ3) is 1.22. The van der Waals surface area contributed by atoms with Crippen LogP contribution < -0.4 is 0 Å². The predicted octanol–water partition coefficient (Wildman–Crippen LogP) is 2.65. The summed E-state index contributed by atoms with van der Waals surface area (Å²) in [5.41, 5.74) is 0.616. The Morgan fingerprint density at radius 2 is 2.07 bits per heavy atom. The minimum Gasteiger partial charge on any atom is -0.481 e. The van der Waals surface area contributed by atoms with Gasteiger partial charge in [0.05, 0.1) is 5.41 Å². The van der Waals surface area contributed by atoms with Crippen LogP contribution in [-0.4, -0.2) is 11.1 Å². The van der Waals surface area contributed by atoms with Crippen LogP contribution in [0.15, 0.2) is 30.3 Å². The zero-order valence-corrected chi connectivity index (χ0v) is 8.23. The van der Waals surface area contributed by atoms with Crippen LogP contribution in [-0.2, 0) is 4.79 Å². The molecule has 0 bridgehead atoms. The molecule has 0 heterocycles. The van der Waals surface area contributed by atoms with E-state index in [1.807, 2.05) is 37.3 Å². The minimum absolute atomic E-state index is 0.196. The zero-order chi connectivity index (χ0) is 10.2. The minimum atomic E-state index is -0.669. The van der Waals surface area contributed by atoms with E-state index in [-0.39, 0.29) is 5.92 Å². The first-order chi connectivity index (χ1) is 6.64. The summed E-state index contributed by atoms with van der Waals surface area (Å²) >= 11 is 0. The maximum atomic E-state index is 11.1. The highest BCUT2D eigenvalue weighted by Crippen LogP contribution is 2.52. The Hall–Kier alpha value is -1.31. The first kappa shape index (κ1) is 9.25. The van der Waals surface area contributed by atoms with Crippen molar-refractivity contribution < 1.29 is 9.90 Å². The first-order valence-corrected chi connectivity index (χ1v) is 4.93. The molecule has 1 N–H and O–H groups in total. The molecule has 1 aromatic carbocycles. The molecule has 2 nitrogen and oxygen atoms in total. The van der Waals surface area contributed by atoms with Gasteiger partial charge in [-0.1, -0.05) is 30.3 Å². The molecule has 2 rings (SSSR count). The Morgan fingerprint density at radius 3 is 2.50 bits per heavy atom. The number of hydrogen-bond donors (Lipinski definition) is 1. The quantitative estimate of drug-likeness (QED) is 0.778. The SMILES string of the molecule is C[C@]1(C(=O)O)CC[C@@H]1c1ccccc1. The maximum Gasteiger partial charge on any atom is 0.309 e. The number of rotatable bonds is 2. The van der Waals surface area contributed by atoms with Crippen LogP contribution in [0.3, 0.4) is 0 Å². The maximum absolute atomic E-state index is 11.1. The Morgan fingerprint density at radius 1 is 1.43 bits per heavy atom. The summed E-state index contributed by atoms with van der Waals surface area (Å²) in [6.45, 7) is 1.84. The molecular formula is C12H14O2. The van der Waals surface area contributed by atoms with Crippen molar-refractivity contribution in [3.8, 4) is 0 Å². The van der Waals surface area contributed by atoms with E-state index in [4.69, 9.17) is 5.11 Å². The number of carboxylic acids is 1. The molecule has 14 heavy (non-hydrogen) atoms. The zero-order valence-electron chi connectivity index (χ0n) is 8.23. The Labute approximate surface area is 83.6 Å². The van der Waals surface area contributed by atoms with E-state index >= 15 is 0 Å². The van der Waals surface area contributed by atoms with E-state index in [0.29, 0.717) is 0 Å². The fraction of sp³-hybridized carbons (Fsp3) is 0.417. The highest BCUT2D eigenvalue weighted by Gasteiger charge is 2.49. The molecular weight excluding hydrogens is 176 g/mol. The number of carbonyl (C=O) groups is 1. The molecule has 0 saturated heterocycles. The summed E-state index contributed by atoms with van der Waals surface area (Å²) in [4.78, 5) is 11.1. The van der Waals surface area contributed by atoms with Gasteiger partial charge in [0.15, 0.2) is 0 Å². The second-order valence-electron chi connectivity index (χ2n) is 4.22.